The molecule has 0 aliphatic rings. The van der Waals surface area contributed by atoms with Crippen LogP contribution in [0.1, 0.15) is 16.2 Å². The summed E-state index contributed by atoms with van der Waals surface area (Å²) in [6, 6.07) is 12.8. The first-order chi connectivity index (χ1) is 12.0. The van der Waals surface area contributed by atoms with Crippen LogP contribution in [0.3, 0.4) is 0 Å². The molecule has 6 nitrogen and oxygen atoms in total. The maximum atomic E-state index is 12.9. The van der Waals surface area contributed by atoms with E-state index in [1.54, 1.807) is 30.3 Å². The van der Waals surface area contributed by atoms with Gasteiger partial charge in [0.1, 0.15) is 5.82 Å². The smallest absolute Gasteiger partial charge is 0.338 e. The summed E-state index contributed by atoms with van der Waals surface area (Å²) in [5.41, 5.74) is 1.94. The Kier molecular flexibility index (Phi) is 4.74. The van der Waals surface area contributed by atoms with Gasteiger partial charge in [-0.1, -0.05) is 11.2 Å². The fourth-order valence-corrected chi connectivity index (χ4v) is 2.15. The van der Waals surface area contributed by atoms with Crippen LogP contribution in [-0.4, -0.2) is 30.2 Å². The van der Waals surface area contributed by atoms with Gasteiger partial charge < -0.3 is 14.2 Å². The standard InChI is InChI=1S/C18H16FN3O3/c1-22(2)15-5-3-4-13(10-15)18(23)24-11-16-20-17(21-25-16)12-6-8-14(19)9-7-12/h3-10H,11H2,1-2H3. The predicted molar refractivity (Wildman–Crippen MR) is 89.6 cm³/mol. The van der Waals surface area contributed by atoms with Gasteiger partial charge in [0.2, 0.25) is 5.82 Å². The molecule has 0 saturated heterocycles. The quantitative estimate of drug-likeness (QED) is 0.663. The third-order valence-corrected chi connectivity index (χ3v) is 3.50. The van der Waals surface area contributed by atoms with Gasteiger partial charge in [-0.2, -0.15) is 4.98 Å². The van der Waals surface area contributed by atoms with Crippen molar-refractivity contribution in [1.29, 1.82) is 0 Å². The summed E-state index contributed by atoms with van der Waals surface area (Å²) in [7, 11) is 3.78. The average Bonchev–Trinajstić information content (AvgIpc) is 3.09. The van der Waals surface area contributed by atoms with Gasteiger partial charge in [0.15, 0.2) is 6.61 Å². The first-order valence-corrected chi connectivity index (χ1v) is 7.56. The highest BCUT2D eigenvalue weighted by Crippen LogP contribution is 2.17. The zero-order valence-corrected chi connectivity index (χ0v) is 13.8. The summed E-state index contributed by atoms with van der Waals surface area (Å²) in [4.78, 5) is 18.2. The molecule has 3 rings (SSSR count). The Bertz CT molecular complexity index is 875. The van der Waals surface area contributed by atoms with Crippen LogP contribution in [0.2, 0.25) is 0 Å². The second-order valence-corrected chi connectivity index (χ2v) is 5.54. The van der Waals surface area contributed by atoms with E-state index in [0.29, 0.717) is 17.0 Å². The molecule has 0 radical (unpaired) electrons. The van der Waals surface area contributed by atoms with E-state index < -0.39 is 5.97 Å². The molecule has 0 N–H and O–H groups in total. The van der Waals surface area contributed by atoms with Crippen molar-refractivity contribution < 1.29 is 18.4 Å². The van der Waals surface area contributed by atoms with Gasteiger partial charge >= 0.3 is 5.97 Å². The molecule has 0 atom stereocenters. The van der Waals surface area contributed by atoms with Crippen LogP contribution < -0.4 is 4.90 Å². The van der Waals surface area contributed by atoms with Crippen molar-refractivity contribution in [2.24, 2.45) is 0 Å². The van der Waals surface area contributed by atoms with Gasteiger partial charge in [-0.15, -0.1) is 0 Å². The normalized spacial score (nSPS) is 10.5. The highest BCUT2D eigenvalue weighted by Gasteiger charge is 2.13. The lowest BCUT2D eigenvalue weighted by atomic mass is 10.2. The lowest BCUT2D eigenvalue weighted by Crippen LogP contribution is -2.11. The van der Waals surface area contributed by atoms with Crippen LogP contribution in [0.25, 0.3) is 11.4 Å². The summed E-state index contributed by atoms with van der Waals surface area (Å²) in [6.45, 7) is -0.140. The molecule has 0 spiro atoms. The number of carbonyl (C=O) groups is 1. The molecular formula is C18H16FN3O3. The maximum absolute atomic E-state index is 12.9. The second-order valence-electron chi connectivity index (χ2n) is 5.54. The van der Waals surface area contributed by atoms with Crippen LogP contribution in [-0.2, 0) is 11.3 Å². The Morgan fingerprint density at radius 2 is 1.96 bits per heavy atom. The number of hydrogen-bond donors (Lipinski definition) is 0. The van der Waals surface area contributed by atoms with Crippen molar-refractivity contribution in [1.82, 2.24) is 10.1 Å². The van der Waals surface area contributed by atoms with Gasteiger partial charge in [0.25, 0.3) is 5.89 Å². The fourth-order valence-electron chi connectivity index (χ4n) is 2.15. The summed E-state index contributed by atoms with van der Waals surface area (Å²) in [5.74, 6) is -0.358. The minimum atomic E-state index is -0.481. The number of rotatable bonds is 5. The molecular weight excluding hydrogens is 325 g/mol. The van der Waals surface area contributed by atoms with Crippen LogP contribution in [0.15, 0.2) is 53.1 Å². The van der Waals surface area contributed by atoms with E-state index in [2.05, 4.69) is 10.1 Å². The Balaban J connectivity index is 1.65. The topological polar surface area (TPSA) is 68.5 Å². The first kappa shape index (κ1) is 16.6. The number of halogens is 1. The van der Waals surface area contributed by atoms with Gasteiger partial charge in [-0.05, 0) is 42.5 Å². The molecule has 7 heteroatoms. The lowest BCUT2D eigenvalue weighted by molar-refractivity contribution is 0.0430. The first-order valence-electron chi connectivity index (χ1n) is 7.56. The molecule has 3 aromatic rings. The third-order valence-electron chi connectivity index (χ3n) is 3.50. The van der Waals surface area contributed by atoms with Gasteiger partial charge in [-0.3, -0.25) is 0 Å². The van der Waals surface area contributed by atoms with Crippen LogP contribution in [0, 0.1) is 5.82 Å². The van der Waals surface area contributed by atoms with Crippen LogP contribution >= 0.6 is 0 Å². The van der Waals surface area contributed by atoms with E-state index in [1.165, 1.54) is 12.1 Å². The van der Waals surface area contributed by atoms with Crippen molar-refractivity contribution in [2.45, 2.75) is 6.61 Å². The summed E-state index contributed by atoms with van der Waals surface area (Å²) in [6.07, 6.45) is 0. The highest BCUT2D eigenvalue weighted by atomic mass is 19.1. The minimum Gasteiger partial charge on any atom is -0.452 e. The summed E-state index contributed by atoms with van der Waals surface area (Å²) in [5, 5.41) is 3.80. The van der Waals surface area contributed by atoms with E-state index in [1.807, 2.05) is 25.1 Å². The predicted octanol–water partition coefficient (Wildman–Crippen LogP) is 3.30. The Hall–Kier alpha value is -3.22. The number of aromatic nitrogens is 2. The molecule has 0 aliphatic carbocycles. The number of carbonyl (C=O) groups excluding carboxylic acids is 1. The Morgan fingerprint density at radius 1 is 1.20 bits per heavy atom. The monoisotopic (exact) mass is 341 g/mol. The molecule has 128 valence electrons. The molecule has 2 aromatic carbocycles. The molecule has 0 aliphatic heterocycles. The molecule has 25 heavy (non-hydrogen) atoms. The zero-order chi connectivity index (χ0) is 17.8. The maximum Gasteiger partial charge on any atom is 0.338 e. The van der Waals surface area contributed by atoms with Crippen LogP contribution in [0.4, 0.5) is 10.1 Å². The van der Waals surface area contributed by atoms with Crippen molar-refractivity contribution >= 4 is 11.7 Å². The highest BCUT2D eigenvalue weighted by molar-refractivity contribution is 5.90. The molecule has 0 fully saturated rings. The van der Waals surface area contributed by atoms with Gasteiger partial charge in [0, 0.05) is 25.3 Å². The van der Waals surface area contributed by atoms with E-state index >= 15 is 0 Å². The number of nitrogens with zero attached hydrogens (tertiary/aromatic N) is 3. The van der Waals surface area contributed by atoms with E-state index in [9.17, 15) is 9.18 Å². The number of ether oxygens (including phenoxy) is 1. The SMILES string of the molecule is CN(C)c1cccc(C(=O)OCc2nc(-c3ccc(F)cc3)no2)c1. The summed E-state index contributed by atoms with van der Waals surface area (Å²) >= 11 is 0. The minimum absolute atomic E-state index is 0.140. The Morgan fingerprint density at radius 3 is 2.68 bits per heavy atom. The molecule has 0 bridgehead atoms. The van der Waals surface area contributed by atoms with E-state index in [0.717, 1.165) is 5.69 Å². The second kappa shape index (κ2) is 7.12. The van der Waals surface area contributed by atoms with Crippen molar-refractivity contribution in [3.63, 3.8) is 0 Å². The molecule has 1 heterocycles. The number of benzene rings is 2. The largest absolute Gasteiger partial charge is 0.452 e. The molecule has 0 amide bonds. The number of hydrogen-bond acceptors (Lipinski definition) is 6. The number of anilines is 1. The van der Waals surface area contributed by atoms with Crippen molar-refractivity contribution in [2.75, 3.05) is 19.0 Å². The van der Waals surface area contributed by atoms with Gasteiger partial charge in [0.05, 0.1) is 5.56 Å². The number of esters is 1. The Labute approximate surface area is 143 Å². The molecule has 0 unspecified atom stereocenters. The van der Waals surface area contributed by atoms with E-state index in [-0.39, 0.29) is 18.3 Å². The molecule has 1 aromatic heterocycles. The lowest BCUT2D eigenvalue weighted by Gasteiger charge is -2.12. The van der Waals surface area contributed by atoms with Crippen molar-refractivity contribution in [3.8, 4) is 11.4 Å². The van der Waals surface area contributed by atoms with Crippen molar-refractivity contribution in [3.05, 3.63) is 65.8 Å². The van der Waals surface area contributed by atoms with Crippen LogP contribution in [0.5, 0.6) is 0 Å². The molecule has 0 saturated carbocycles. The fraction of sp³-hybridized carbons (Fsp3) is 0.167. The van der Waals surface area contributed by atoms with Gasteiger partial charge in [-0.25, -0.2) is 9.18 Å². The third kappa shape index (κ3) is 4.00. The van der Waals surface area contributed by atoms with E-state index in [4.69, 9.17) is 9.26 Å². The average molecular weight is 341 g/mol. The summed E-state index contributed by atoms with van der Waals surface area (Å²) < 4.78 is 23.2. The zero-order valence-electron chi connectivity index (χ0n) is 13.8.